The Morgan fingerprint density at radius 2 is 2.06 bits per heavy atom. The lowest BCUT2D eigenvalue weighted by molar-refractivity contribution is 0.0546. The van der Waals surface area contributed by atoms with Gasteiger partial charge in [0.05, 0.1) is 11.7 Å². The van der Waals surface area contributed by atoms with Gasteiger partial charge < -0.3 is 10.0 Å². The van der Waals surface area contributed by atoms with E-state index in [4.69, 9.17) is 11.6 Å². The minimum Gasteiger partial charge on any atom is -0.393 e. The van der Waals surface area contributed by atoms with Crippen molar-refractivity contribution in [2.24, 2.45) is 0 Å². The molecule has 1 heterocycles. The monoisotopic (exact) mass is 317 g/mol. The van der Waals surface area contributed by atoms with Gasteiger partial charge in [-0.3, -0.25) is 4.79 Å². The number of hydrogen-bond donors (Lipinski definition) is 1. The molecule has 1 aliphatic rings. The molecule has 0 spiro atoms. The van der Waals surface area contributed by atoms with Gasteiger partial charge in [-0.25, -0.2) is 0 Å². The summed E-state index contributed by atoms with van der Waals surface area (Å²) in [7, 11) is 0. The van der Waals surface area contributed by atoms with Crippen LogP contribution in [0.15, 0.2) is 22.7 Å². The predicted octanol–water partition coefficient (Wildman–Crippen LogP) is 2.70. The van der Waals surface area contributed by atoms with Crippen molar-refractivity contribution in [3.63, 3.8) is 0 Å². The summed E-state index contributed by atoms with van der Waals surface area (Å²) in [5.74, 6) is -0.0359. The summed E-state index contributed by atoms with van der Waals surface area (Å²) in [6.07, 6.45) is 1.01. The average molecular weight is 319 g/mol. The first kappa shape index (κ1) is 12.9. The number of hydrogen-bond acceptors (Lipinski definition) is 2. The maximum Gasteiger partial charge on any atom is 0.255 e. The third kappa shape index (κ3) is 3.00. The zero-order valence-electron chi connectivity index (χ0n) is 9.20. The molecular formula is C12H13BrClNO2. The molecule has 92 valence electrons. The van der Waals surface area contributed by atoms with Gasteiger partial charge in [0, 0.05) is 22.6 Å². The Morgan fingerprint density at radius 1 is 1.41 bits per heavy atom. The van der Waals surface area contributed by atoms with E-state index in [1.807, 2.05) is 0 Å². The second-order valence-corrected chi connectivity index (χ2v) is 5.44. The third-order valence-corrected chi connectivity index (χ3v) is 3.84. The van der Waals surface area contributed by atoms with Crippen molar-refractivity contribution < 1.29 is 9.90 Å². The van der Waals surface area contributed by atoms with Crippen LogP contribution in [0.25, 0.3) is 0 Å². The fourth-order valence-electron chi connectivity index (χ4n) is 1.90. The first-order chi connectivity index (χ1) is 8.08. The standard InChI is InChI=1S/C12H13BrClNO2/c13-11-2-1-8(14)7-10(11)12(17)15-5-3-9(16)4-6-15/h1-2,7,9,16H,3-6H2. The number of likely N-dealkylation sites (tertiary alicyclic amines) is 1. The van der Waals surface area contributed by atoms with Crippen LogP contribution in [-0.2, 0) is 0 Å². The highest BCUT2D eigenvalue weighted by Crippen LogP contribution is 2.24. The van der Waals surface area contributed by atoms with Gasteiger partial charge in [-0.15, -0.1) is 0 Å². The van der Waals surface area contributed by atoms with Crippen molar-refractivity contribution in [3.05, 3.63) is 33.3 Å². The number of halogens is 2. The molecule has 0 radical (unpaired) electrons. The first-order valence-electron chi connectivity index (χ1n) is 5.50. The highest BCUT2D eigenvalue weighted by molar-refractivity contribution is 9.10. The van der Waals surface area contributed by atoms with Gasteiger partial charge in [-0.1, -0.05) is 11.6 Å². The van der Waals surface area contributed by atoms with Crippen molar-refractivity contribution in [1.82, 2.24) is 4.90 Å². The lowest BCUT2D eigenvalue weighted by atomic mass is 10.1. The maximum absolute atomic E-state index is 12.2. The van der Waals surface area contributed by atoms with Crippen LogP contribution in [0, 0.1) is 0 Å². The number of rotatable bonds is 1. The van der Waals surface area contributed by atoms with Gasteiger partial charge in [-0.05, 0) is 47.0 Å². The summed E-state index contributed by atoms with van der Waals surface area (Å²) < 4.78 is 0.748. The number of piperidine rings is 1. The van der Waals surface area contributed by atoms with Crippen molar-refractivity contribution in [2.75, 3.05) is 13.1 Å². The first-order valence-corrected chi connectivity index (χ1v) is 6.67. The second kappa shape index (κ2) is 5.38. The number of nitrogens with zero attached hydrogens (tertiary/aromatic N) is 1. The highest BCUT2D eigenvalue weighted by Gasteiger charge is 2.23. The summed E-state index contributed by atoms with van der Waals surface area (Å²) in [6, 6.07) is 5.18. The van der Waals surface area contributed by atoms with E-state index in [-0.39, 0.29) is 12.0 Å². The second-order valence-electron chi connectivity index (χ2n) is 4.15. The highest BCUT2D eigenvalue weighted by atomic mass is 79.9. The van der Waals surface area contributed by atoms with E-state index in [0.717, 1.165) is 4.47 Å². The number of aliphatic hydroxyl groups is 1. The summed E-state index contributed by atoms with van der Waals surface area (Å²) in [6.45, 7) is 1.19. The van der Waals surface area contributed by atoms with Crippen LogP contribution in [0.3, 0.4) is 0 Å². The molecular weight excluding hydrogens is 305 g/mol. The van der Waals surface area contributed by atoms with Crippen molar-refractivity contribution >= 4 is 33.4 Å². The molecule has 0 unspecified atom stereocenters. The number of carbonyl (C=O) groups excluding carboxylic acids is 1. The zero-order chi connectivity index (χ0) is 12.4. The van der Waals surface area contributed by atoms with E-state index in [9.17, 15) is 9.90 Å². The topological polar surface area (TPSA) is 40.5 Å². The van der Waals surface area contributed by atoms with E-state index >= 15 is 0 Å². The average Bonchev–Trinajstić information content (AvgIpc) is 2.32. The molecule has 1 saturated heterocycles. The predicted molar refractivity (Wildman–Crippen MR) is 70.3 cm³/mol. The summed E-state index contributed by atoms with van der Waals surface area (Å²) in [5.41, 5.74) is 0.578. The quantitative estimate of drug-likeness (QED) is 0.865. The van der Waals surface area contributed by atoms with Crippen molar-refractivity contribution in [2.45, 2.75) is 18.9 Å². The number of aliphatic hydroxyl groups excluding tert-OH is 1. The number of benzene rings is 1. The van der Waals surface area contributed by atoms with Crippen LogP contribution >= 0.6 is 27.5 Å². The normalized spacial score (nSPS) is 17.2. The van der Waals surface area contributed by atoms with E-state index in [1.54, 1.807) is 23.1 Å². The van der Waals surface area contributed by atoms with Crippen LogP contribution in [0.4, 0.5) is 0 Å². The fourth-order valence-corrected chi connectivity index (χ4v) is 2.49. The minimum absolute atomic E-state index is 0.0359. The summed E-state index contributed by atoms with van der Waals surface area (Å²) in [4.78, 5) is 14.0. The van der Waals surface area contributed by atoms with E-state index in [0.29, 0.717) is 36.5 Å². The molecule has 0 aromatic heterocycles. The smallest absolute Gasteiger partial charge is 0.255 e. The number of amides is 1. The molecule has 0 aliphatic carbocycles. The molecule has 1 aromatic rings. The van der Waals surface area contributed by atoms with Gasteiger partial charge in [-0.2, -0.15) is 0 Å². The molecule has 0 bridgehead atoms. The lowest BCUT2D eigenvalue weighted by Gasteiger charge is -2.29. The van der Waals surface area contributed by atoms with Crippen LogP contribution in [0.1, 0.15) is 23.2 Å². The summed E-state index contributed by atoms with van der Waals surface area (Å²) >= 11 is 9.25. The molecule has 3 nitrogen and oxygen atoms in total. The van der Waals surface area contributed by atoms with Crippen LogP contribution in [0.2, 0.25) is 5.02 Å². The molecule has 0 saturated carbocycles. The Hall–Kier alpha value is -0.580. The molecule has 2 rings (SSSR count). The van der Waals surface area contributed by atoms with Gasteiger partial charge >= 0.3 is 0 Å². The zero-order valence-corrected chi connectivity index (χ0v) is 11.5. The van der Waals surface area contributed by atoms with E-state index in [1.165, 1.54) is 0 Å². The molecule has 1 N–H and O–H groups in total. The Kier molecular flexibility index (Phi) is 4.07. The van der Waals surface area contributed by atoms with Gasteiger partial charge in [0.1, 0.15) is 0 Å². The Balaban J connectivity index is 2.16. The van der Waals surface area contributed by atoms with Crippen LogP contribution < -0.4 is 0 Å². The molecule has 1 aromatic carbocycles. The Labute approximate surface area is 114 Å². The van der Waals surface area contributed by atoms with E-state index < -0.39 is 0 Å². The largest absolute Gasteiger partial charge is 0.393 e. The lowest BCUT2D eigenvalue weighted by Crippen LogP contribution is -2.40. The van der Waals surface area contributed by atoms with Crippen LogP contribution in [-0.4, -0.2) is 35.1 Å². The van der Waals surface area contributed by atoms with E-state index in [2.05, 4.69) is 15.9 Å². The van der Waals surface area contributed by atoms with Gasteiger partial charge in [0.2, 0.25) is 0 Å². The van der Waals surface area contributed by atoms with Crippen molar-refractivity contribution in [1.29, 1.82) is 0 Å². The molecule has 0 atom stereocenters. The van der Waals surface area contributed by atoms with Crippen molar-refractivity contribution in [3.8, 4) is 0 Å². The minimum atomic E-state index is -0.276. The molecule has 1 aliphatic heterocycles. The van der Waals surface area contributed by atoms with Gasteiger partial charge in [0.25, 0.3) is 5.91 Å². The number of carbonyl (C=O) groups is 1. The molecule has 17 heavy (non-hydrogen) atoms. The molecule has 1 amide bonds. The fraction of sp³-hybridized carbons (Fsp3) is 0.417. The SMILES string of the molecule is O=C(c1cc(Cl)ccc1Br)N1CCC(O)CC1. The van der Waals surface area contributed by atoms with Gasteiger partial charge in [0.15, 0.2) is 0 Å². The maximum atomic E-state index is 12.2. The third-order valence-electron chi connectivity index (χ3n) is 2.91. The Morgan fingerprint density at radius 3 is 2.71 bits per heavy atom. The Bertz CT molecular complexity index is 431. The van der Waals surface area contributed by atoms with Crippen LogP contribution in [0.5, 0.6) is 0 Å². The molecule has 1 fully saturated rings. The molecule has 5 heteroatoms. The summed E-state index contributed by atoms with van der Waals surface area (Å²) in [5, 5.41) is 9.96.